The fourth-order valence-corrected chi connectivity index (χ4v) is 6.14. The molecule has 39 heavy (non-hydrogen) atoms. The summed E-state index contributed by atoms with van der Waals surface area (Å²) in [4.78, 5) is 2.39. The van der Waals surface area contributed by atoms with Gasteiger partial charge in [-0.1, -0.05) is 116 Å². The average Bonchev–Trinajstić information content (AvgIpc) is 3.20. The lowest BCUT2D eigenvalue weighted by atomic mass is 9.82. The summed E-state index contributed by atoms with van der Waals surface area (Å²) in [5.74, 6) is 0. The highest BCUT2D eigenvalue weighted by atomic mass is 15.1. The van der Waals surface area contributed by atoms with Crippen LogP contribution in [0.15, 0.2) is 133 Å². The lowest BCUT2D eigenvalue weighted by molar-refractivity contribution is 0.660. The maximum Gasteiger partial charge on any atom is 0.0468 e. The highest BCUT2D eigenvalue weighted by Crippen LogP contribution is 2.50. The first-order valence-corrected chi connectivity index (χ1v) is 13.7. The zero-order valence-electron chi connectivity index (χ0n) is 22.6. The summed E-state index contributed by atoms with van der Waals surface area (Å²) in [5.41, 5.74) is 12.6. The molecule has 0 aliphatic heterocycles. The fourth-order valence-electron chi connectivity index (χ4n) is 6.14. The molecular weight excluding hydrogens is 470 g/mol. The van der Waals surface area contributed by atoms with Crippen LogP contribution < -0.4 is 4.90 Å². The summed E-state index contributed by atoms with van der Waals surface area (Å²) in [6.07, 6.45) is 0. The van der Waals surface area contributed by atoms with E-state index in [0.29, 0.717) is 0 Å². The zero-order chi connectivity index (χ0) is 26.6. The van der Waals surface area contributed by atoms with E-state index in [2.05, 4.69) is 159 Å². The molecule has 0 saturated heterocycles. The molecule has 1 aliphatic rings. The van der Waals surface area contributed by atoms with Crippen molar-refractivity contribution in [2.45, 2.75) is 26.2 Å². The number of hydrogen-bond donors (Lipinski definition) is 0. The van der Waals surface area contributed by atoms with Crippen LogP contribution in [0.25, 0.3) is 33.0 Å². The van der Waals surface area contributed by atoms with Crippen LogP contribution in [0.5, 0.6) is 0 Å². The molecule has 1 heteroatoms. The Morgan fingerprint density at radius 3 is 1.79 bits per heavy atom. The smallest absolute Gasteiger partial charge is 0.0468 e. The molecule has 0 radical (unpaired) electrons. The third kappa shape index (κ3) is 3.94. The number of fused-ring (bicyclic) bond motifs is 4. The molecule has 1 aliphatic carbocycles. The second-order valence-electron chi connectivity index (χ2n) is 11.2. The van der Waals surface area contributed by atoms with Gasteiger partial charge in [-0.2, -0.15) is 0 Å². The summed E-state index contributed by atoms with van der Waals surface area (Å²) >= 11 is 0. The third-order valence-corrected chi connectivity index (χ3v) is 8.33. The van der Waals surface area contributed by atoms with Gasteiger partial charge in [-0.25, -0.2) is 0 Å². The van der Waals surface area contributed by atoms with Gasteiger partial charge in [-0.3, -0.25) is 0 Å². The summed E-state index contributed by atoms with van der Waals surface area (Å²) in [5, 5.41) is 2.49. The van der Waals surface area contributed by atoms with Gasteiger partial charge in [0.05, 0.1) is 0 Å². The second kappa shape index (κ2) is 8.99. The first-order valence-electron chi connectivity index (χ1n) is 13.7. The largest absolute Gasteiger partial charge is 0.310 e. The molecule has 6 aromatic carbocycles. The predicted molar refractivity (Wildman–Crippen MR) is 166 cm³/mol. The summed E-state index contributed by atoms with van der Waals surface area (Å²) in [6, 6.07) is 48.9. The van der Waals surface area contributed by atoms with E-state index in [1.165, 1.54) is 55.4 Å². The van der Waals surface area contributed by atoms with E-state index in [1.807, 2.05) is 0 Å². The quantitative estimate of drug-likeness (QED) is 0.232. The van der Waals surface area contributed by atoms with Crippen LogP contribution in [0.4, 0.5) is 17.1 Å². The van der Waals surface area contributed by atoms with E-state index in [4.69, 9.17) is 0 Å². The molecule has 0 bridgehead atoms. The lowest BCUT2D eigenvalue weighted by Gasteiger charge is -2.28. The molecule has 1 nitrogen and oxygen atoms in total. The molecule has 0 saturated carbocycles. The Morgan fingerprint density at radius 1 is 0.462 bits per heavy atom. The molecule has 0 unspecified atom stereocenters. The Bertz CT molecular complexity index is 1820. The van der Waals surface area contributed by atoms with Crippen molar-refractivity contribution < 1.29 is 0 Å². The molecule has 7 rings (SSSR count). The first-order chi connectivity index (χ1) is 19.0. The number of aryl methyl sites for hydroxylation is 1. The van der Waals surface area contributed by atoms with E-state index in [0.717, 1.165) is 11.4 Å². The van der Waals surface area contributed by atoms with Gasteiger partial charge in [0.25, 0.3) is 0 Å². The van der Waals surface area contributed by atoms with Crippen LogP contribution in [0.2, 0.25) is 0 Å². The fraction of sp³-hybridized carbons (Fsp3) is 0.105. The zero-order valence-corrected chi connectivity index (χ0v) is 22.6. The first kappa shape index (κ1) is 23.5. The number of hydrogen-bond acceptors (Lipinski definition) is 1. The molecular formula is C38H31N. The van der Waals surface area contributed by atoms with Gasteiger partial charge in [0.15, 0.2) is 0 Å². The van der Waals surface area contributed by atoms with Crippen molar-refractivity contribution in [3.63, 3.8) is 0 Å². The highest BCUT2D eigenvalue weighted by Gasteiger charge is 2.35. The molecule has 0 N–H and O–H groups in total. The van der Waals surface area contributed by atoms with Gasteiger partial charge in [0.2, 0.25) is 0 Å². The van der Waals surface area contributed by atoms with Gasteiger partial charge in [0.1, 0.15) is 0 Å². The van der Waals surface area contributed by atoms with Crippen LogP contribution in [0, 0.1) is 6.92 Å². The van der Waals surface area contributed by atoms with Gasteiger partial charge in [-0.05, 0) is 87.5 Å². The van der Waals surface area contributed by atoms with Crippen LogP contribution in [0.1, 0.15) is 30.5 Å². The summed E-state index contributed by atoms with van der Waals surface area (Å²) < 4.78 is 0. The molecule has 6 aromatic rings. The number of anilines is 3. The minimum atomic E-state index is -0.0493. The second-order valence-corrected chi connectivity index (χ2v) is 11.2. The summed E-state index contributed by atoms with van der Waals surface area (Å²) in [7, 11) is 0. The van der Waals surface area contributed by atoms with Crippen LogP contribution in [-0.2, 0) is 5.41 Å². The standard InChI is InChI=1S/C38H31N/c1-26-12-14-28(15-13-26)29-16-19-31(20-17-29)39(32-21-18-27-8-4-5-9-30(27)24-32)33-22-23-35-34-10-6-7-11-36(34)38(2,3)37(35)25-33/h4-25H,1-3H3. The highest BCUT2D eigenvalue weighted by molar-refractivity contribution is 5.91. The summed E-state index contributed by atoms with van der Waals surface area (Å²) in [6.45, 7) is 6.82. The Morgan fingerprint density at radius 2 is 1.03 bits per heavy atom. The Hall–Kier alpha value is -4.62. The van der Waals surface area contributed by atoms with E-state index < -0.39 is 0 Å². The van der Waals surface area contributed by atoms with E-state index in [9.17, 15) is 0 Å². The van der Waals surface area contributed by atoms with Crippen molar-refractivity contribution in [3.05, 3.63) is 150 Å². The van der Waals surface area contributed by atoms with E-state index in [1.54, 1.807) is 0 Å². The van der Waals surface area contributed by atoms with Crippen molar-refractivity contribution in [2.75, 3.05) is 4.90 Å². The Kier molecular flexibility index (Phi) is 5.42. The van der Waals surface area contributed by atoms with Crippen molar-refractivity contribution in [1.29, 1.82) is 0 Å². The van der Waals surface area contributed by atoms with E-state index >= 15 is 0 Å². The predicted octanol–water partition coefficient (Wildman–Crippen LogP) is 10.6. The molecule has 188 valence electrons. The molecule has 0 atom stereocenters. The van der Waals surface area contributed by atoms with Crippen molar-refractivity contribution in [3.8, 4) is 22.3 Å². The maximum atomic E-state index is 2.40. The van der Waals surface area contributed by atoms with Gasteiger partial charge < -0.3 is 4.90 Å². The average molecular weight is 502 g/mol. The van der Waals surface area contributed by atoms with Gasteiger partial charge in [0, 0.05) is 22.5 Å². The van der Waals surface area contributed by atoms with Crippen LogP contribution >= 0.6 is 0 Å². The van der Waals surface area contributed by atoms with Gasteiger partial charge >= 0.3 is 0 Å². The van der Waals surface area contributed by atoms with Crippen molar-refractivity contribution in [2.24, 2.45) is 0 Å². The molecule has 0 heterocycles. The monoisotopic (exact) mass is 501 g/mol. The topological polar surface area (TPSA) is 3.24 Å². The molecule has 0 amide bonds. The van der Waals surface area contributed by atoms with Gasteiger partial charge in [-0.15, -0.1) is 0 Å². The number of benzene rings is 6. The lowest BCUT2D eigenvalue weighted by Crippen LogP contribution is -2.16. The van der Waals surface area contributed by atoms with Crippen LogP contribution in [-0.4, -0.2) is 0 Å². The number of rotatable bonds is 4. The maximum absolute atomic E-state index is 2.40. The molecule has 0 fully saturated rings. The van der Waals surface area contributed by atoms with Crippen molar-refractivity contribution >= 4 is 27.8 Å². The number of nitrogens with zero attached hydrogens (tertiary/aromatic N) is 1. The SMILES string of the molecule is Cc1ccc(-c2ccc(N(c3ccc4c(c3)C(C)(C)c3ccccc3-4)c3ccc4ccccc4c3)cc2)cc1. The third-order valence-electron chi connectivity index (χ3n) is 8.33. The molecule has 0 spiro atoms. The molecule has 0 aromatic heterocycles. The Labute approximate surface area is 231 Å². The normalized spacial score (nSPS) is 13.2. The van der Waals surface area contributed by atoms with Crippen LogP contribution in [0.3, 0.4) is 0 Å². The Balaban J connectivity index is 1.37. The van der Waals surface area contributed by atoms with E-state index in [-0.39, 0.29) is 5.41 Å². The minimum absolute atomic E-state index is 0.0493. The van der Waals surface area contributed by atoms with Crippen molar-refractivity contribution in [1.82, 2.24) is 0 Å². The minimum Gasteiger partial charge on any atom is -0.310 e.